The average molecular weight is 306 g/mol. The van der Waals surface area contributed by atoms with E-state index in [0.717, 1.165) is 0 Å². The summed E-state index contributed by atoms with van der Waals surface area (Å²) >= 11 is 0. The average Bonchev–Trinajstić information content (AvgIpc) is 2.35. The largest absolute Gasteiger partial charge is 0.497 e. The third kappa shape index (κ3) is 4.90. The van der Waals surface area contributed by atoms with E-state index in [1.807, 2.05) is 0 Å². The summed E-state index contributed by atoms with van der Waals surface area (Å²) in [5.74, 6) is 0.570. The monoisotopic (exact) mass is 306 g/mol. The maximum Gasteiger partial charge on any atom is 0.412 e. The number of carbonyl (C=O) groups excluding carboxylic acids is 2. The summed E-state index contributed by atoms with van der Waals surface area (Å²) in [5.41, 5.74) is -0.321. The third-order valence-corrected chi connectivity index (χ3v) is 2.85. The number of amides is 1. The third-order valence-electron chi connectivity index (χ3n) is 2.85. The first-order chi connectivity index (χ1) is 10.1. The number of isocyanates is 1. The molecular formula is C16H22N2O4. The van der Waals surface area contributed by atoms with Crippen molar-refractivity contribution in [3.63, 3.8) is 0 Å². The normalized spacial score (nSPS) is 11.4. The number of ether oxygens (including phenoxy) is 2. The molecule has 1 aromatic rings. The van der Waals surface area contributed by atoms with E-state index in [0.29, 0.717) is 17.0 Å². The van der Waals surface area contributed by atoms with E-state index < -0.39 is 17.2 Å². The van der Waals surface area contributed by atoms with E-state index in [1.165, 1.54) is 7.11 Å². The number of nitrogens with zero attached hydrogens (tertiary/aromatic N) is 1. The Hall–Kier alpha value is -2.33. The molecule has 0 atom stereocenters. The molecule has 0 bridgehead atoms. The van der Waals surface area contributed by atoms with E-state index in [9.17, 15) is 9.59 Å². The second-order valence-corrected chi connectivity index (χ2v) is 6.30. The summed E-state index contributed by atoms with van der Waals surface area (Å²) in [4.78, 5) is 26.4. The Labute approximate surface area is 130 Å². The van der Waals surface area contributed by atoms with Gasteiger partial charge in [-0.3, -0.25) is 5.32 Å². The van der Waals surface area contributed by atoms with E-state index >= 15 is 0 Å². The highest BCUT2D eigenvalue weighted by Crippen LogP contribution is 2.34. The van der Waals surface area contributed by atoms with Gasteiger partial charge in [0.05, 0.1) is 18.3 Å². The molecule has 0 heterocycles. The SMILES string of the molecule is COc1ccc(C(C)(C)N=C=O)c(NC(=O)OC(C)(C)C)c1. The fourth-order valence-electron chi connectivity index (χ4n) is 1.88. The summed E-state index contributed by atoms with van der Waals surface area (Å²) in [6, 6.07) is 5.13. The molecular weight excluding hydrogens is 284 g/mol. The molecule has 0 unspecified atom stereocenters. The predicted octanol–water partition coefficient (Wildman–Crippen LogP) is 3.61. The Bertz CT molecular complexity index is 597. The fourth-order valence-corrected chi connectivity index (χ4v) is 1.88. The van der Waals surface area contributed by atoms with Gasteiger partial charge >= 0.3 is 6.09 Å². The zero-order chi connectivity index (χ0) is 17.0. The zero-order valence-corrected chi connectivity index (χ0v) is 13.8. The predicted molar refractivity (Wildman–Crippen MR) is 84.0 cm³/mol. The van der Waals surface area contributed by atoms with Gasteiger partial charge in [0.2, 0.25) is 6.08 Å². The Kier molecular flexibility index (Phi) is 5.33. The molecule has 0 aromatic heterocycles. The van der Waals surface area contributed by atoms with Gasteiger partial charge in [0.25, 0.3) is 0 Å². The maximum atomic E-state index is 12.0. The van der Waals surface area contributed by atoms with Crippen LogP contribution in [0.25, 0.3) is 0 Å². The van der Waals surface area contributed by atoms with Gasteiger partial charge in [-0.05, 0) is 40.7 Å². The molecule has 6 heteroatoms. The lowest BCUT2D eigenvalue weighted by Crippen LogP contribution is -2.28. The Morgan fingerprint density at radius 1 is 1.23 bits per heavy atom. The van der Waals surface area contributed by atoms with Gasteiger partial charge in [0.1, 0.15) is 11.4 Å². The van der Waals surface area contributed by atoms with E-state index in [2.05, 4.69) is 10.3 Å². The van der Waals surface area contributed by atoms with E-state index in [4.69, 9.17) is 9.47 Å². The molecule has 1 amide bonds. The number of hydrogen-bond acceptors (Lipinski definition) is 5. The van der Waals surface area contributed by atoms with Crippen LogP contribution in [0.4, 0.5) is 10.5 Å². The van der Waals surface area contributed by atoms with Crippen LogP contribution in [0, 0.1) is 0 Å². The van der Waals surface area contributed by atoms with Crippen molar-refractivity contribution in [1.29, 1.82) is 0 Å². The number of aliphatic imine (C=N–C) groups is 1. The molecule has 0 saturated carbocycles. The molecule has 0 aliphatic rings. The number of rotatable bonds is 4. The number of benzene rings is 1. The number of carbonyl (C=O) groups is 1. The van der Waals surface area contributed by atoms with E-state index in [-0.39, 0.29) is 0 Å². The van der Waals surface area contributed by atoms with Crippen molar-refractivity contribution >= 4 is 17.9 Å². The van der Waals surface area contributed by atoms with Crippen molar-refractivity contribution in [1.82, 2.24) is 0 Å². The summed E-state index contributed by atoms with van der Waals surface area (Å²) in [7, 11) is 1.53. The quantitative estimate of drug-likeness (QED) is 0.681. The van der Waals surface area contributed by atoms with Crippen LogP contribution < -0.4 is 10.1 Å². The summed E-state index contributed by atoms with van der Waals surface area (Å²) < 4.78 is 10.4. The van der Waals surface area contributed by atoms with Gasteiger partial charge in [0.15, 0.2) is 0 Å². The first-order valence-electron chi connectivity index (χ1n) is 6.86. The van der Waals surface area contributed by atoms with Gasteiger partial charge in [-0.15, -0.1) is 0 Å². The van der Waals surface area contributed by atoms with Crippen LogP contribution in [0.5, 0.6) is 5.75 Å². The Balaban J connectivity index is 3.20. The van der Waals surface area contributed by atoms with Gasteiger partial charge in [-0.1, -0.05) is 6.07 Å². The van der Waals surface area contributed by atoms with E-state index in [1.54, 1.807) is 58.9 Å². The van der Waals surface area contributed by atoms with Gasteiger partial charge in [-0.2, -0.15) is 4.99 Å². The van der Waals surface area contributed by atoms with Crippen LogP contribution in [-0.4, -0.2) is 24.9 Å². The number of anilines is 1. The highest BCUT2D eigenvalue weighted by molar-refractivity contribution is 5.86. The molecule has 0 fully saturated rings. The fraction of sp³-hybridized carbons (Fsp3) is 0.500. The Morgan fingerprint density at radius 3 is 2.36 bits per heavy atom. The minimum Gasteiger partial charge on any atom is -0.497 e. The minimum absolute atomic E-state index is 0.470. The van der Waals surface area contributed by atoms with Crippen molar-refractivity contribution < 1.29 is 19.1 Å². The second kappa shape index (κ2) is 6.62. The van der Waals surface area contributed by atoms with Gasteiger partial charge in [0, 0.05) is 11.6 Å². The van der Waals surface area contributed by atoms with Crippen LogP contribution in [0.3, 0.4) is 0 Å². The number of hydrogen-bond donors (Lipinski definition) is 1. The summed E-state index contributed by atoms with van der Waals surface area (Å²) in [6.07, 6.45) is 0.964. The van der Waals surface area contributed by atoms with Crippen LogP contribution in [0.2, 0.25) is 0 Å². The number of methoxy groups -OCH3 is 1. The van der Waals surface area contributed by atoms with Gasteiger partial charge in [-0.25, -0.2) is 9.59 Å². The molecule has 120 valence electrons. The standard InChI is InChI=1S/C16H22N2O4/c1-15(2,3)22-14(20)18-13-9-11(21-6)7-8-12(13)16(4,5)17-10-19/h7-9H,1-6H3,(H,18,20). The van der Waals surface area contributed by atoms with Crippen LogP contribution in [0.1, 0.15) is 40.2 Å². The van der Waals surface area contributed by atoms with Crippen molar-refractivity contribution in [2.45, 2.75) is 45.8 Å². The molecule has 0 saturated heterocycles. The summed E-state index contributed by atoms with van der Waals surface area (Å²) in [6.45, 7) is 8.83. The van der Waals surface area contributed by atoms with Crippen molar-refractivity contribution in [3.05, 3.63) is 23.8 Å². The zero-order valence-electron chi connectivity index (χ0n) is 13.8. The van der Waals surface area contributed by atoms with Crippen molar-refractivity contribution in [3.8, 4) is 5.75 Å². The molecule has 22 heavy (non-hydrogen) atoms. The molecule has 0 aliphatic heterocycles. The molecule has 0 spiro atoms. The maximum absolute atomic E-state index is 12.0. The molecule has 0 aliphatic carbocycles. The smallest absolute Gasteiger partial charge is 0.412 e. The number of nitrogens with one attached hydrogen (secondary N) is 1. The second-order valence-electron chi connectivity index (χ2n) is 6.30. The highest BCUT2D eigenvalue weighted by atomic mass is 16.6. The lowest BCUT2D eigenvalue weighted by molar-refractivity contribution is 0.0635. The minimum atomic E-state index is -0.835. The van der Waals surface area contributed by atoms with Crippen molar-refractivity contribution in [2.24, 2.45) is 4.99 Å². The van der Waals surface area contributed by atoms with Crippen LogP contribution in [-0.2, 0) is 15.1 Å². The molecule has 0 radical (unpaired) electrons. The van der Waals surface area contributed by atoms with Crippen molar-refractivity contribution in [2.75, 3.05) is 12.4 Å². The molecule has 1 N–H and O–H groups in total. The van der Waals surface area contributed by atoms with Crippen LogP contribution in [0.15, 0.2) is 23.2 Å². The first kappa shape index (κ1) is 17.7. The lowest BCUT2D eigenvalue weighted by Gasteiger charge is -2.24. The summed E-state index contributed by atoms with van der Waals surface area (Å²) in [5, 5.41) is 2.68. The first-order valence-corrected chi connectivity index (χ1v) is 6.86. The Morgan fingerprint density at radius 2 is 1.86 bits per heavy atom. The van der Waals surface area contributed by atoms with Crippen LogP contribution >= 0.6 is 0 Å². The highest BCUT2D eigenvalue weighted by Gasteiger charge is 2.25. The lowest BCUT2D eigenvalue weighted by atomic mass is 9.93. The molecule has 1 aromatic carbocycles. The topological polar surface area (TPSA) is 77.0 Å². The molecule has 6 nitrogen and oxygen atoms in total. The van der Waals surface area contributed by atoms with Gasteiger partial charge < -0.3 is 9.47 Å². The molecule has 1 rings (SSSR count).